The summed E-state index contributed by atoms with van der Waals surface area (Å²) in [4.78, 5) is 12.0. The molecule has 112 valence electrons. The topological polar surface area (TPSA) is 38.3 Å². The lowest BCUT2D eigenvalue weighted by Gasteiger charge is -2.25. The van der Waals surface area contributed by atoms with Crippen LogP contribution in [0.2, 0.25) is 0 Å². The third-order valence-electron chi connectivity index (χ3n) is 3.63. The van der Waals surface area contributed by atoms with Crippen molar-refractivity contribution >= 4 is 5.91 Å². The summed E-state index contributed by atoms with van der Waals surface area (Å²) in [5.74, 6) is 0.775. The highest BCUT2D eigenvalue weighted by molar-refractivity contribution is 5.94. The fourth-order valence-corrected chi connectivity index (χ4v) is 2.35. The van der Waals surface area contributed by atoms with Crippen LogP contribution in [0.25, 0.3) is 0 Å². The van der Waals surface area contributed by atoms with Crippen molar-refractivity contribution in [3.8, 4) is 5.75 Å². The molecule has 0 aromatic heterocycles. The number of carbonyl (C=O) groups is 1. The lowest BCUT2D eigenvalue weighted by Crippen LogP contribution is -2.34. The van der Waals surface area contributed by atoms with E-state index in [9.17, 15) is 9.18 Å². The SMILES string of the molecule is COc1ccc(C(=O)NCC(C(C)C)C(C)C)c(F)c1. The number of hydrogen-bond donors (Lipinski definition) is 1. The number of nitrogens with one attached hydrogen (secondary N) is 1. The molecule has 0 bridgehead atoms. The Kier molecular flexibility index (Phi) is 5.99. The van der Waals surface area contributed by atoms with Crippen LogP contribution in [-0.4, -0.2) is 19.6 Å². The molecule has 3 nitrogen and oxygen atoms in total. The quantitative estimate of drug-likeness (QED) is 0.866. The third kappa shape index (κ3) is 4.22. The highest BCUT2D eigenvalue weighted by Gasteiger charge is 2.19. The van der Waals surface area contributed by atoms with E-state index >= 15 is 0 Å². The number of rotatable bonds is 6. The van der Waals surface area contributed by atoms with E-state index in [0.717, 1.165) is 0 Å². The number of carbonyl (C=O) groups excluding carboxylic acids is 1. The van der Waals surface area contributed by atoms with Crippen LogP contribution in [0.15, 0.2) is 18.2 Å². The van der Waals surface area contributed by atoms with Crippen molar-refractivity contribution in [2.24, 2.45) is 17.8 Å². The minimum atomic E-state index is -0.563. The second-order valence-electron chi connectivity index (χ2n) is 5.71. The van der Waals surface area contributed by atoms with Gasteiger partial charge in [-0.25, -0.2) is 4.39 Å². The fraction of sp³-hybridized carbons (Fsp3) is 0.562. The predicted molar refractivity (Wildman–Crippen MR) is 78.5 cm³/mol. The Labute approximate surface area is 120 Å². The predicted octanol–water partition coefficient (Wildman–Crippen LogP) is 3.49. The molecule has 1 rings (SSSR count). The van der Waals surface area contributed by atoms with Crippen LogP contribution in [0.1, 0.15) is 38.1 Å². The van der Waals surface area contributed by atoms with Crippen LogP contribution in [0.4, 0.5) is 4.39 Å². The number of halogens is 1. The van der Waals surface area contributed by atoms with Crippen LogP contribution < -0.4 is 10.1 Å². The number of amides is 1. The molecule has 1 amide bonds. The zero-order valence-corrected chi connectivity index (χ0v) is 12.9. The Bertz CT molecular complexity index is 450. The van der Waals surface area contributed by atoms with Gasteiger partial charge in [-0.3, -0.25) is 4.79 Å². The lowest BCUT2D eigenvalue weighted by atomic mass is 9.85. The molecule has 0 saturated carbocycles. The first-order valence-corrected chi connectivity index (χ1v) is 6.98. The highest BCUT2D eigenvalue weighted by Crippen LogP contribution is 2.20. The molecule has 4 heteroatoms. The second kappa shape index (κ2) is 7.27. The van der Waals surface area contributed by atoms with Crippen molar-refractivity contribution < 1.29 is 13.9 Å². The summed E-state index contributed by atoms with van der Waals surface area (Å²) in [5.41, 5.74) is 0.0528. The van der Waals surface area contributed by atoms with Gasteiger partial charge in [-0.05, 0) is 29.9 Å². The zero-order valence-electron chi connectivity index (χ0n) is 12.9. The molecule has 0 fully saturated rings. The average Bonchev–Trinajstić information content (AvgIpc) is 2.37. The maximum absolute atomic E-state index is 13.8. The number of methoxy groups -OCH3 is 1. The van der Waals surface area contributed by atoms with Crippen LogP contribution in [0.3, 0.4) is 0 Å². The smallest absolute Gasteiger partial charge is 0.254 e. The normalized spacial score (nSPS) is 11.2. The molecule has 0 unspecified atom stereocenters. The summed E-state index contributed by atoms with van der Waals surface area (Å²) in [6.07, 6.45) is 0. The van der Waals surface area contributed by atoms with Gasteiger partial charge in [0.05, 0.1) is 12.7 Å². The van der Waals surface area contributed by atoms with Gasteiger partial charge in [0.15, 0.2) is 0 Å². The van der Waals surface area contributed by atoms with Crippen molar-refractivity contribution in [3.05, 3.63) is 29.6 Å². The van der Waals surface area contributed by atoms with Gasteiger partial charge in [-0.15, -0.1) is 0 Å². The molecule has 0 aliphatic carbocycles. The van der Waals surface area contributed by atoms with Crippen molar-refractivity contribution in [1.29, 1.82) is 0 Å². The van der Waals surface area contributed by atoms with Gasteiger partial charge >= 0.3 is 0 Å². The minimum absolute atomic E-state index is 0.0528. The molecule has 0 heterocycles. The Morgan fingerprint density at radius 2 is 1.85 bits per heavy atom. The molecular weight excluding hydrogens is 257 g/mol. The highest BCUT2D eigenvalue weighted by atomic mass is 19.1. The maximum atomic E-state index is 13.8. The summed E-state index contributed by atoms with van der Waals surface area (Å²) in [5, 5.41) is 2.82. The van der Waals surface area contributed by atoms with Crippen LogP contribution in [-0.2, 0) is 0 Å². The molecule has 0 aliphatic rings. The van der Waals surface area contributed by atoms with E-state index in [2.05, 4.69) is 33.0 Å². The molecule has 1 aromatic rings. The van der Waals surface area contributed by atoms with Gasteiger partial charge < -0.3 is 10.1 Å². The number of ether oxygens (including phenoxy) is 1. The molecule has 0 spiro atoms. The van der Waals surface area contributed by atoms with E-state index in [0.29, 0.717) is 30.0 Å². The van der Waals surface area contributed by atoms with Gasteiger partial charge in [0.2, 0.25) is 0 Å². The van der Waals surface area contributed by atoms with E-state index in [1.165, 1.54) is 19.2 Å². The lowest BCUT2D eigenvalue weighted by molar-refractivity contribution is 0.0933. The molecule has 1 aromatic carbocycles. The van der Waals surface area contributed by atoms with Gasteiger partial charge in [-0.1, -0.05) is 27.7 Å². The summed E-state index contributed by atoms with van der Waals surface area (Å²) in [6.45, 7) is 9.07. The molecular formula is C16H24FNO2. The van der Waals surface area contributed by atoms with Crippen molar-refractivity contribution in [3.63, 3.8) is 0 Å². The molecule has 0 aliphatic heterocycles. The van der Waals surface area contributed by atoms with Crippen molar-refractivity contribution in [1.82, 2.24) is 5.32 Å². The van der Waals surface area contributed by atoms with Gasteiger partial charge in [-0.2, -0.15) is 0 Å². The summed E-state index contributed by atoms with van der Waals surface area (Å²) < 4.78 is 18.7. The second-order valence-corrected chi connectivity index (χ2v) is 5.71. The molecule has 0 radical (unpaired) electrons. The third-order valence-corrected chi connectivity index (χ3v) is 3.63. The largest absolute Gasteiger partial charge is 0.497 e. The summed E-state index contributed by atoms with van der Waals surface area (Å²) in [7, 11) is 1.46. The molecule has 1 N–H and O–H groups in total. The Balaban J connectivity index is 2.72. The standard InChI is InChI=1S/C16H24FNO2/c1-10(2)14(11(3)4)9-18-16(19)13-7-6-12(20-5)8-15(13)17/h6-8,10-11,14H,9H2,1-5H3,(H,18,19). The van der Waals surface area contributed by atoms with Gasteiger partial charge in [0.1, 0.15) is 11.6 Å². The number of benzene rings is 1. The van der Waals surface area contributed by atoms with E-state index in [-0.39, 0.29) is 11.5 Å². The van der Waals surface area contributed by atoms with E-state index < -0.39 is 5.82 Å². The minimum Gasteiger partial charge on any atom is -0.497 e. The first-order chi connectivity index (χ1) is 9.36. The molecule has 20 heavy (non-hydrogen) atoms. The van der Waals surface area contributed by atoms with Crippen LogP contribution in [0.5, 0.6) is 5.75 Å². The summed E-state index contributed by atoms with van der Waals surface area (Å²) >= 11 is 0. The average molecular weight is 281 g/mol. The zero-order chi connectivity index (χ0) is 15.3. The van der Waals surface area contributed by atoms with E-state index in [1.807, 2.05) is 0 Å². The van der Waals surface area contributed by atoms with Crippen LogP contribution in [0, 0.1) is 23.6 Å². The van der Waals surface area contributed by atoms with E-state index in [4.69, 9.17) is 4.74 Å². The van der Waals surface area contributed by atoms with Crippen molar-refractivity contribution in [2.45, 2.75) is 27.7 Å². The molecule has 0 saturated heterocycles. The Morgan fingerprint density at radius 3 is 2.30 bits per heavy atom. The molecule has 0 atom stereocenters. The van der Waals surface area contributed by atoms with E-state index in [1.54, 1.807) is 6.07 Å². The first-order valence-electron chi connectivity index (χ1n) is 6.98. The summed E-state index contributed by atoms with van der Waals surface area (Å²) in [6, 6.07) is 4.25. The monoisotopic (exact) mass is 281 g/mol. The van der Waals surface area contributed by atoms with Gasteiger partial charge in [0.25, 0.3) is 5.91 Å². The fourth-order valence-electron chi connectivity index (χ4n) is 2.35. The van der Waals surface area contributed by atoms with Gasteiger partial charge in [0, 0.05) is 12.6 Å². The first kappa shape index (κ1) is 16.5. The van der Waals surface area contributed by atoms with Crippen molar-refractivity contribution in [2.75, 3.05) is 13.7 Å². The Hall–Kier alpha value is -1.58. The number of hydrogen-bond acceptors (Lipinski definition) is 2. The maximum Gasteiger partial charge on any atom is 0.254 e. The van der Waals surface area contributed by atoms with Crippen LogP contribution >= 0.6 is 0 Å². The Morgan fingerprint density at radius 1 is 1.25 bits per heavy atom.